The Balaban J connectivity index is 0. The van der Waals surface area contributed by atoms with E-state index in [-0.39, 0.29) is 31.4 Å². The van der Waals surface area contributed by atoms with Gasteiger partial charge in [0.15, 0.2) is 0 Å². The lowest BCUT2D eigenvalue weighted by atomic mass is 10.1. The number of carbonyl (C=O) groups excluding carboxylic acids is 1. The lowest BCUT2D eigenvalue weighted by Gasteiger charge is -2.16. The Labute approximate surface area is 135 Å². The van der Waals surface area contributed by atoms with Crippen molar-refractivity contribution in [1.29, 1.82) is 0 Å². The van der Waals surface area contributed by atoms with Crippen molar-refractivity contribution in [2.75, 3.05) is 25.0 Å². The van der Waals surface area contributed by atoms with Crippen molar-refractivity contribution >= 4 is 36.4 Å². The third-order valence-electron chi connectivity index (χ3n) is 2.75. The Bertz CT molecular complexity index is 439. The zero-order valence-corrected chi connectivity index (χ0v) is 13.5. The number of halogens is 4. The van der Waals surface area contributed by atoms with Crippen LogP contribution >= 0.6 is 24.8 Å². The number of amides is 1. The molecule has 1 amide bonds. The van der Waals surface area contributed by atoms with Crippen molar-refractivity contribution in [3.8, 4) is 0 Å². The monoisotopic (exact) mass is 343 g/mol. The van der Waals surface area contributed by atoms with Gasteiger partial charge in [-0.15, -0.1) is 24.8 Å². The van der Waals surface area contributed by atoms with Crippen LogP contribution in [0.5, 0.6) is 0 Å². The van der Waals surface area contributed by atoms with Gasteiger partial charge in [-0.2, -0.15) is 0 Å². The Hall–Kier alpha value is -1.11. The normalized spacial score (nSPS) is 10.1. The summed E-state index contributed by atoms with van der Waals surface area (Å²) in [4.78, 5) is 11.5. The van der Waals surface area contributed by atoms with Crippen molar-refractivity contribution in [3.63, 3.8) is 0 Å². The van der Waals surface area contributed by atoms with Crippen LogP contribution < -0.4 is 16.4 Å². The first-order valence-corrected chi connectivity index (χ1v) is 6.00. The number of rotatable bonds is 6. The van der Waals surface area contributed by atoms with Crippen LogP contribution in [0.3, 0.4) is 0 Å². The Morgan fingerprint density at radius 1 is 1.24 bits per heavy atom. The first-order valence-electron chi connectivity index (χ1n) is 6.00. The minimum absolute atomic E-state index is 0. The quantitative estimate of drug-likeness (QED) is 0.742. The number of aryl methyl sites for hydroxylation is 2. The molecule has 1 aromatic rings. The average Bonchev–Trinajstić information content (AvgIpc) is 2.36. The van der Waals surface area contributed by atoms with Crippen LogP contribution in [-0.4, -0.2) is 31.5 Å². The van der Waals surface area contributed by atoms with Gasteiger partial charge in [0.1, 0.15) is 0 Å². The van der Waals surface area contributed by atoms with Gasteiger partial charge in [0.25, 0.3) is 5.92 Å². The van der Waals surface area contributed by atoms with Gasteiger partial charge in [0.05, 0.1) is 19.6 Å². The molecule has 0 fully saturated rings. The van der Waals surface area contributed by atoms with E-state index in [0.29, 0.717) is 0 Å². The van der Waals surface area contributed by atoms with E-state index in [1.807, 2.05) is 32.0 Å². The average molecular weight is 344 g/mol. The molecular weight excluding hydrogens is 323 g/mol. The van der Waals surface area contributed by atoms with E-state index in [2.05, 4.69) is 10.6 Å². The second kappa shape index (κ2) is 9.76. The predicted octanol–water partition coefficient (Wildman–Crippen LogP) is 2.27. The minimum Gasteiger partial charge on any atom is -0.376 e. The van der Waals surface area contributed by atoms with E-state index < -0.39 is 24.9 Å². The summed E-state index contributed by atoms with van der Waals surface area (Å²) in [5.41, 5.74) is 7.73. The summed E-state index contributed by atoms with van der Waals surface area (Å²) < 4.78 is 25.7. The number of benzene rings is 1. The highest BCUT2D eigenvalue weighted by Gasteiger charge is 2.26. The fourth-order valence-electron chi connectivity index (χ4n) is 1.62. The molecular formula is C13H21Cl2F2N3O. The van der Waals surface area contributed by atoms with Gasteiger partial charge in [-0.1, -0.05) is 18.2 Å². The molecule has 0 saturated carbocycles. The maximum Gasteiger partial charge on any atom is 0.277 e. The molecule has 122 valence electrons. The molecule has 0 saturated heterocycles. The van der Waals surface area contributed by atoms with E-state index in [9.17, 15) is 13.6 Å². The van der Waals surface area contributed by atoms with Crippen LogP contribution in [0.15, 0.2) is 18.2 Å². The summed E-state index contributed by atoms with van der Waals surface area (Å²) in [6.45, 7) is 2.26. The summed E-state index contributed by atoms with van der Waals surface area (Å²) >= 11 is 0. The number of para-hydroxylation sites is 1. The van der Waals surface area contributed by atoms with Gasteiger partial charge in [0, 0.05) is 5.69 Å². The largest absolute Gasteiger partial charge is 0.376 e. The summed E-state index contributed by atoms with van der Waals surface area (Å²) in [6.07, 6.45) is 0. The summed E-state index contributed by atoms with van der Waals surface area (Å²) in [5.74, 6) is -3.55. The molecule has 4 N–H and O–H groups in total. The third-order valence-corrected chi connectivity index (χ3v) is 2.75. The van der Waals surface area contributed by atoms with Gasteiger partial charge in [-0.05, 0) is 25.0 Å². The maximum atomic E-state index is 12.8. The van der Waals surface area contributed by atoms with E-state index in [1.54, 1.807) is 0 Å². The standard InChI is InChI=1S/C13H19F2N3O.2ClH/c1-9-4-3-5-10(2)12(9)17-6-11(19)18-8-13(14,15)7-16;;/h3-5,17H,6-8,16H2,1-2H3,(H,18,19);2*1H. The Kier molecular flexibility index (Phi) is 10.3. The summed E-state index contributed by atoms with van der Waals surface area (Å²) in [5, 5.41) is 5.10. The molecule has 21 heavy (non-hydrogen) atoms. The zero-order chi connectivity index (χ0) is 14.5. The number of nitrogens with one attached hydrogen (secondary N) is 2. The number of hydrogen-bond acceptors (Lipinski definition) is 3. The smallest absolute Gasteiger partial charge is 0.277 e. The third kappa shape index (κ3) is 7.45. The van der Waals surface area contributed by atoms with Gasteiger partial charge >= 0.3 is 0 Å². The topological polar surface area (TPSA) is 67.2 Å². The fourth-order valence-corrected chi connectivity index (χ4v) is 1.62. The fraction of sp³-hybridized carbons (Fsp3) is 0.462. The zero-order valence-electron chi connectivity index (χ0n) is 11.9. The van der Waals surface area contributed by atoms with Crippen LogP contribution in [0.25, 0.3) is 0 Å². The highest BCUT2D eigenvalue weighted by atomic mass is 35.5. The minimum atomic E-state index is -3.06. The molecule has 0 aliphatic heterocycles. The van der Waals surface area contributed by atoms with Crippen LogP contribution in [0.4, 0.5) is 14.5 Å². The number of alkyl halides is 2. The molecule has 0 spiro atoms. The van der Waals surface area contributed by atoms with Crippen LogP contribution in [0.2, 0.25) is 0 Å². The molecule has 0 atom stereocenters. The van der Waals surface area contributed by atoms with Crippen molar-refractivity contribution in [3.05, 3.63) is 29.3 Å². The molecule has 0 unspecified atom stereocenters. The van der Waals surface area contributed by atoms with Crippen LogP contribution in [0, 0.1) is 13.8 Å². The van der Waals surface area contributed by atoms with Crippen LogP contribution in [-0.2, 0) is 4.79 Å². The first kappa shape index (κ1) is 22.2. The second-order valence-electron chi connectivity index (χ2n) is 4.46. The Morgan fingerprint density at radius 2 is 1.76 bits per heavy atom. The van der Waals surface area contributed by atoms with Crippen molar-refractivity contribution in [2.24, 2.45) is 5.73 Å². The first-order chi connectivity index (χ1) is 8.85. The van der Waals surface area contributed by atoms with Crippen molar-refractivity contribution in [2.45, 2.75) is 19.8 Å². The van der Waals surface area contributed by atoms with Gasteiger partial charge in [0.2, 0.25) is 5.91 Å². The number of nitrogens with two attached hydrogens (primary N) is 1. The predicted molar refractivity (Wildman–Crippen MR) is 85.9 cm³/mol. The maximum absolute atomic E-state index is 12.8. The van der Waals surface area contributed by atoms with E-state index >= 15 is 0 Å². The molecule has 0 bridgehead atoms. The van der Waals surface area contributed by atoms with Crippen molar-refractivity contribution < 1.29 is 13.6 Å². The molecule has 0 radical (unpaired) electrons. The number of hydrogen-bond donors (Lipinski definition) is 3. The molecule has 0 heterocycles. The lowest BCUT2D eigenvalue weighted by molar-refractivity contribution is -0.121. The molecule has 1 aromatic carbocycles. The molecule has 8 heteroatoms. The molecule has 0 aliphatic carbocycles. The second-order valence-corrected chi connectivity index (χ2v) is 4.46. The molecule has 0 aromatic heterocycles. The Morgan fingerprint density at radius 3 is 2.24 bits per heavy atom. The van der Waals surface area contributed by atoms with E-state index in [1.165, 1.54) is 0 Å². The highest BCUT2D eigenvalue weighted by Crippen LogP contribution is 2.18. The van der Waals surface area contributed by atoms with Crippen LogP contribution in [0.1, 0.15) is 11.1 Å². The molecule has 0 aliphatic rings. The lowest BCUT2D eigenvalue weighted by Crippen LogP contribution is -2.43. The number of anilines is 1. The van der Waals surface area contributed by atoms with E-state index in [4.69, 9.17) is 5.73 Å². The highest BCUT2D eigenvalue weighted by molar-refractivity contribution is 5.85. The van der Waals surface area contributed by atoms with Gasteiger partial charge < -0.3 is 16.4 Å². The molecule has 4 nitrogen and oxygen atoms in total. The van der Waals surface area contributed by atoms with Gasteiger partial charge in [-0.25, -0.2) is 8.78 Å². The summed E-state index contributed by atoms with van der Waals surface area (Å²) in [6, 6.07) is 5.74. The number of carbonyl (C=O) groups is 1. The summed E-state index contributed by atoms with van der Waals surface area (Å²) in [7, 11) is 0. The van der Waals surface area contributed by atoms with E-state index in [0.717, 1.165) is 16.8 Å². The van der Waals surface area contributed by atoms with Gasteiger partial charge in [-0.3, -0.25) is 4.79 Å². The van der Waals surface area contributed by atoms with Crippen molar-refractivity contribution in [1.82, 2.24) is 5.32 Å². The SMILES string of the molecule is Cc1cccc(C)c1NCC(=O)NCC(F)(F)CN.Cl.Cl. The molecule has 1 rings (SSSR count).